The molecule has 1 aromatic heterocycles. The van der Waals surface area contributed by atoms with Crippen LogP contribution in [0.25, 0.3) is 0 Å². The van der Waals surface area contributed by atoms with E-state index in [1.807, 2.05) is 0 Å². The molecule has 88 valence electrons. The fraction of sp³-hybridized carbons (Fsp3) is 0. The largest absolute Gasteiger partial charge is 0.298 e. The second-order valence-corrected chi connectivity index (χ2v) is 6.78. The van der Waals surface area contributed by atoms with E-state index >= 15 is 0 Å². The first-order chi connectivity index (χ1) is 8.06. The number of benzene rings is 1. The maximum atomic E-state index is 11.9. The zero-order valence-electron chi connectivity index (χ0n) is 8.21. The third-order valence-corrected chi connectivity index (χ3v) is 4.09. The minimum Gasteiger partial charge on any atom is -0.298 e. The molecule has 1 N–H and O–H groups in total. The molecule has 2 rings (SSSR count). The van der Waals surface area contributed by atoms with Crippen molar-refractivity contribution in [2.75, 3.05) is 5.32 Å². The van der Waals surface area contributed by atoms with E-state index in [1.165, 1.54) is 11.3 Å². The van der Waals surface area contributed by atoms with Gasteiger partial charge in [0.25, 0.3) is 5.91 Å². The van der Waals surface area contributed by atoms with Crippen LogP contribution in [0.1, 0.15) is 10.4 Å². The monoisotopic (exact) mass is 394 g/mol. The van der Waals surface area contributed by atoms with Crippen LogP contribution in [0.5, 0.6) is 0 Å². The van der Waals surface area contributed by atoms with Gasteiger partial charge in [0.05, 0.1) is 20.6 Å². The van der Waals surface area contributed by atoms with Gasteiger partial charge < -0.3 is 0 Å². The number of carbonyl (C=O) groups is 1. The van der Waals surface area contributed by atoms with Crippen molar-refractivity contribution in [2.45, 2.75) is 0 Å². The van der Waals surface area contributed by atoms with Crippen molar-refractivity contribution >= 4 is 65.8 Å². The van der Waals surface area contributed by atoms with Crippen LogP contribution in [-0.2, 0) is 0 Å². The minimum atomic E-state index is -0.279. The van der Waals surface area contributed by atoms with Crippen molar-refractivity contribution in [1.82, 2.24) is 4.98 Å². The first-order valence-electron chi connectivity index (χ1n) is 4.44. The highest BCUT2D eigenvalue weighted by Gasteiger charge is 2.12. The Kier molecular flexibility index (Phi) is 4.19. The summed E-state index contributed by atoms with van der Waals surface area (Å²) in [6, 6.07) is 5.11. The fourth-order valence-corrected chi connectivity index (χ4v) is 2.81. The molecule has 2 aromatic rings. The van der Waals surface area contributed by atoms with Crippen LogP contribution < -0.4 is 5.32 Å². The number of rotatable bonds is 2. The highest BCUT2D eigenvalue weighted by atomic mass is 79.9. The molecule has 0 aliphatic heterocycles. The highest BCUT2D eigenvalue weighted by Crippen LogP contribution is 2.25. The van der Waals surface area contributed by atoms with Gasteiger partial charge >= 0.3 is 0 Å². The molecule has 0 aliphatic rings. The minimum absolute atomic E-state index is 0.279. The lowest BCUT2D eigenvalue weighted by Gasteiger charge is -2.04. The van der Waals surface area contributed by atoms with Gasteiger partial charge in [-0.05, 0) is 34.1 Å². The van der Waals surface area contributed by atoms with Crippen LogP contribution in [0.3, 0.4) is 0 Å². The number of amides is 1. The van der Waals surface area contributed by atoms with Crippen LogP contribution in [-0.4, -0.2) is 10.9 Å². The summed E-state index contributed by atoms with van der Waals surface area (Å²) in [5, 5.41) is 3.61. The summed E-state index contributed by atoms with van der Waals surface area (Å²) >= 11 is 13.9. The van der Waals surface area contributed by atoms with Gasteiger partial charge in [-0.2, -0.15) is 0 Å². The van der Waals surface area contributed by atoms with Gasteiger partial charge in [0.15, 0.2) is 5.13 Å². The molecule has 0 bridgehead atoms. The molecule has 0 radical (unpaired) electrons. The Bertz CT molecular complexity index is 573. The quantitative estimate of drug-likeness (QED) is 0.808. The fourth-order valence-electron chi connectivity index (χ4n) is 1.15. The van der Waals surface area contributed by atoms with Gasteiger partial charge in [-0.3, -0.25) is 10.1 Å². The van der Waals surface area contributed by atoms with Crippen molar-refractivity contribution in [3.05, 3.63) is 43.2 Å². The number of nitrogens with zero attached hydrogens (tertiary/aromatic N) is 1. The Hall–Kier alpha value is -0.430. The highest BCUT2D eigenvalue weighted by molar-refractivity contribution is 9.11. The summed E-state index contributed by atoms with van der Waals surface area (Å²) in [6.45, 7) is 0. The Labute approximate surface area is 123 Å². The molecule has 0 fully saturated rings. The van der Waals surface area contributed by atoms with Gasteiger partial charge in [0.1, 0.15) is 0 Å². The van der Waals surface area contributed by atoms with Gasteiger partial charge in [-0.25, -0.2) is 4.98 Å². The maximum absolute atomic E-state index is 11.9. The number of aromatic nitrogens is 1. The topological polar surface area (TPSA) is 42.0 Å². The molecule has 0 saturated carbocycles. The number of carbonyl (C=O) groups excluding carboxylic acids is 1. The first-order valence-corrected chi connectivity index (χ1v) is 7.22. The second-order valence-electron chi connectivity index (χ2n) is 3.05. The maximum Gasteiger partial charge on any atom is 0.258 e. The van der Waals surface area contributed by atoms with Crippen molar-refractivity contribution in [2.24, 2.45) is 0 Å². The van der Waals surface area contributed by atoms with E-state index in [2.05, 4.69) is 42.2 Å². The van der Waals surface area contributed by atoms with Gasteiger partial charge in [-0.1, -0.05) is 38.9 Å². The molecule has 0 aliphatic carbocycles. The van der Waals surface area contributed by atoms with E-state index < -0.39 is 0 Å². The molecule has 0 unspecified atom stereocenters. The Morgan fingerprint density at radius 2 is 2.18 bits per heavy atom. The summed E-state index contributed by atoms with van der Waals surface area (Å²) in [7, 11) is 0. The van der Waals surface area contributed by atoms with E-state index in [0.29, 0.717) is 15.7 Å². The van der Waals surface area contributed by atoms with Crippen LogP contribution in [0.15, 0.2) is 32.7 Å². The Balaban J connectivity index is 2.22. The lowest BCUT2D eigenvalue weighted by molar-refractivity contribution is 0.102. The second kappa shape index (κ2) is 5.48. The van der Waals surface area contributed by atoms with Crippen LogP contribution >= 0.6 is 54.8 Å². The lowest BCUT2D eigenvalue weighted by Crippen LogP contribution is -2.12. The SMILES string of the molecule is O=C(Nc1ncc(Br)s1)c1cc(Br)ccc1Cl. The number of hydrogen-bond donors (Lipinski definition) is 1. The lowest BCUT2D eigenvalue weighted by atomic mass is 10.2. The first kappa shape index (κ1) is 13.0. The van der Waals surface area contributed by atoms with Crippen LogP contribution in [0.2, 0.25) is 5.02 Å². The normalized spacial score (nSPS) is 10.3. The summed E-state index contributed by atoms with van der Waals surface area (Å²) < 4.78 is 1.65. The predicted octanol–water partition coefficient (Wildman–Crippen LogP) is 4.57. The summed E-state index contributed by atoms with van der Waals surface area (Å²) in [6.07, 6.45) is 1.63. The third-order valence-electron chi connectivity index (χ3n) is 1.87. The summed E-state index contributed by atoms with van der Waals surface area (Å²) in [5.74, 6) is -0.279. The van der Waals surface area contributed by atoms with Crippen molar-refractivity contribution in [1.29, 1.82) is 0 Å². The standard InChI is InChI=1S/C10H5Br2ClN2OS/c11-5-1-2-7(13)6(3-5)9(16)15-10-14-4-8(12)17-10/h1-4H,(H,14,15,16). The summed E-state index contributed by atoms with van der Waals surface area (Å²) in [4.78, 5) is 15.9. The molecular weight excluding hydrogens is 391 g/mol. The van der Waals surface area contributed by atoms with Gasteiger partial charge in [0.2, 0.25) is 0 Å². The molecule has 1 aromatic carbocycles. The molecule has 17 heavy (non-hydrogen) atoms. The molecule has 0 saturated heterocycles. The smallest absolute Gasteiger partial charge is 0.258 e. The van der Waals surface area contributed by atoms with E-state index in [9.17, 15) is 4.79 Å². The van der Waals surface area contributed by atoms with Crippen molar-refractivity contribution in [3.8, 4) is 0 Å². The zero-order valence-corrected chi connectivity index (χ0v) is 13.0. The van der Waals surface area contributed by atoms with Crippen molar-refractivity contribution < 1.29 is 4.79 Å². The summed E-state index contributed by atoms with van der Waals surface area (Å²) in [5.41, 5.74) is 0.410. The zero-order chi connectivity index (χ0) is 12.4. The molecule has 7 heteroatoms. The molecule has 1 amide bonds. The average molecular weight is 396 g/mol. The van der Waals surface area contributed by atoms with E-state index in [1.54, 1.807) is 24.4 Å². The number of anilines is 1. The predicted molar refractivity (Wildman–Crippen MR) is 76.9 cm³/mol. The molecule has 0 spiro atoms. The van der Waals surface area contributed by atoms with E-state index in [4.69, 9.17) is 11.6 Å². The van der Waals surface area contributed by atoms with E-state index in [-0.39, 0.29) is 5.91 Å². The molecule has 3 nitrogen and oxygen atoms in total. The third kappa shape index (κ3) is 3.28. The Morgan fingerprint density at radius 1 is 1.41 bits per heavy atom. The average Bonchev–Trinajstić information content (AvgIpc) is 2.67. The molecule has 0 atom stereocenters. The number of halogens is 3. The van der Waals surface area contributed by atoms with Gasteiger partial charge in [-0.15, -0.1) is 0 Å². The molecular formula is C10H5Br2ClN2OS. The number of thiazole rings is 1. The number of hydrogen-bond acceptors (Lipinski definition) is 3. The molecule has 1 heterocycles. The Morgan fingerprint density at radius 3 is 2.82 bits per heavy atom. The van der Waals surface area contributed by atoms with Gasteiger partial charge in [0, 0.05) is 4.47 Å². The van der Waals surface area contributed by atoms with Crippen LogP contribution in [0.4, 0.5) is 5.13 Å². The van der Waals surface area contributed by atoms with E-state index in [0.717, 1.165) is 8.26 Å². The van der Waals surface area contributed by atoms with Crippen LogP contribution in [0, 0.1) is 0 Å². The van der Waals surface area contributed by atoms with Crippen molar-refractivity contribution in [3.63, 3.8) is 0 Å². The number of nitrogens with one attached hydrogen (secondary N) is 1.